The van der Waals surface area contributed by atoms with E-state index in [0.717, 1.165) is 10.9 Å². The predicted molar refractivity (Wildman–Crippen MR) is 233 cm³/mol. The van der Waals surface area contributed by atoms with Gasteiger partial charge in [0, 0.05) is 42.9 Å². The molecule has 0 aliphatic carbocycles. The fourth-order valence-electron chi connectivity index (χ4n) is 7.70. The second-order valence-electron chi connectivity index (χ2n) is 16.8. The molecule has 2 heterocycles. The number of aromatic nitrogens is 1. The minimum Gasteiger partial charge on any atom is -0.481 e. The molecule has 0 radical (unpaired) electrons. The number of rotatable bonds is 20. The maximum absolute atomic E-state index is 14.6. The van der Waals surface area contributed by atoms with Crippen LogP contribution < -0.4 is 27.0 Å². The van der Waals surface area contributed by atoms with Crippen molar-refractivity contribution in [1.82, 2.24) is 31.2 Å². The van der Waals surface area contributed by atoms with Crippen molar-refractivity contribution in [3.8, 4) is 0 Å². The molecular formula is C46H57N7O10. The first kappa shape index (κ1) is 47.5. The van der Waals surface area contributed by atoms with Gasteiger partial charge in [0.25, 0.3) is 0 Å². The average Bonchev–Trinajstić information content (AvgIpc) is 3.90. The number of H-pyrrole nitrogens is 1. The Bertz CT molecular complexity index is 2240. The number of carboxylic acids is 2. The van der Waals surface area contributed by atoms with E-state index < -0.39 is 95.9 Å². The molecule has 0 unspecified atom stereocenters. The van der Waals surface area contributed by atoms with Gasteiger partial charge < -0.3 is 51.8 Å². The molecule has 0 saturated carbocycles. The fourth-order valence-corrected chi connectivity index (χ4v) is 7.70. The third-order valence-corrected chi connectivity index (χ3v) is 10.7. The van der Waals surface area contributed by atoms with Gasteiger partial charge in [0.15, 0.2) is 0 Å². The van der Waals surface area contributed by atoms with Crippen LogP contribution in [0.1, 0.15) is 63.6 Å². The molecule has 1 aliphatic heterocycles. The van der Waals surface area contributed by atoms with Crippen molar-refractivity contribution in [3.05, 3.63) is 108 Å². The van der Waals surface area contributed by atoms with E-state index in [2.05, 4.69) is 26.3 Å². The Morgan fingerprint density at radius 2 is 1.29 bits per heavy atom. The van der Waals surface area contributed by atoms with Crippen LogP contribution in [0.15, 0.2) is 91.1 Å². The molecule has 1 aliphatic rings. The lowest BCUT2D eigenvalue weighted by Crippen LogP contribution is -2.62. The van der Waals surface area contributed by atoms with Crippen molar-refractivity contribution in [2.45, 2.75) is 114 Å². The van der Waals surface area contributed by atoms with Crippen molar-refractivity contribution < 1.29 is 48.5 Å². The number of benzene rings is 3. The van der Waals surface area contributed by atoms with Crippen molar-refractivity contribution in [2.24, 2.45) is 5.73 Å². The third kappa shape index (κ3) is 13.4. The van der Waals surface area contributed by atoms with Crippen LogP contribution in [0.2, 0.25) is 0 Å². The van der Waals surface area contributed by atoms with Crippen LogP contribution in [0.4, 0.5) is 0 Å². The van der Waals surface area contributed by atoms with Gasteiger partial charge in [-0.05, 0) is 63.3 Å². The van der Waals surface area contributed by atoms with E-state index in [1.807, 2.05) is 24.3 Å². The molecule has 7 atom stereocenters. The highest BCUT2D eigenvalue weighted by Gasteiger charge is 2.40. The third-order valence-electron chi connectivity index (χ3n) is 10.7. The van der Waals surface area contributed by atoms with Gasteiger partial charge in [-0.25, -0.2) is 4.79 Å². The molecule has 1 fully saturated rings. The maximum Gasteiger partial charge on any atom is 0.326 e. The number of aliphatic carboxylic acids is 2. The standard InChI is InChI=1S/C46H57N7O10/c1-27(63-46(2,3)4)39(43(59)51-36(23-29-16-9-6-10-17-29)44(60)53-21-13-20-37(53)45(61)62)52-42(58)34(22-28-14-7-5-8-15-28)50-41(57)35(49-40(56)32(47)25-38(54)55)24-30-26-48-33-19-12-11-18-31(30)33/h5-12,14-19,26-27,32,34-37,39,48H,13,20-25,47H2,1-4H3,(H,49,56)(H,50,57)(H,51,59)(H,52,58)(H,54,55)(H,61,62)/t27-,32+,34+,35-,36+,37+,39+/m1/s1. The van der Waals surface area contributed by atoms with Crippen LogP contribution in [-0.2, 0) is 57.6 Å². The lowest BCUT2D eigenvalue weighted by Gasteiger charge is -2.33. The Hall–Kier alpha value is -6.59. The van der Waals surface area contributed by atoms with Gasteiger partial charge in [-0.15, -0.1) is 0 Å². The summed E-state index contributed by atoms with van der Waals surface area (Å²) in [4.78, 5) is 98.7. The van der Waals surface area contributed by atoms with E-state index in [1.165, 1.54) is 4.90 Å². The molecule has 5 rings (SSSR count). The first-order valence-corrected chi connectivity index (χ1v) is 20.9. The zero-order valence-electron chi connectivity index (χ0n) is 35.8. The number of carbonyl (C=O) groups excluding carboxylic acids is 5. The molecule has 1 saturated heterocycles. The van der Waals surface area contributed by atoms with E-state index in [0.29, 0.717) is 23.1 Å². The first-order chi connectivity index (χ1) is 29.9. The highest BCUT2D eigenvalue weighted by Crippen LogP contribution is 2.22. The number of nitrogens with one attached hydrogen (secondary N) is 5. The average molecular weight is 868 g/mol. The summed E-state index contributed by atoms with van der Waals surface area (Å²) in [5.41, 5.74) is 7.85. The normalized spacial score (nSPS) is 16.8. The quantitative estimate of drug-likeness (QED) is 0.0639. The van der Waals surface area contributed by atoms with Gasteiger partial charge in [-0.2, -0.15) is 0 Å². The molecule has 5 amide bonds. The molecule has 336 valence electrons. The molecule has 3 aromatic carbocycles. The zero-order valence-corrected chi connectivity index (χ0v) is 35.8. The monoisotopic (exact) mass is 867 g/mol. The molecular weight excluding hydrogens is 811 g/mol. The summed E-state index contributed by atoms with van der Waals surface area (Å²) in [5.74, 6) is -6.33. The van der Waals surface area contributed by atoms with Gasteiger partial charge in [-0.3, -0.25) is 28.8 Å². The number of nitrogens with two attached hydrogens (primary N) is 1. The van der Waals surface area contributed by atoms with Crippen LogP contribution in [0, 0.1) is 0 Å². The molecule has 4 aromatic rings. The van der Waals surface area contributed by atoms with Crippen LogP contribution in [0.25, 0.3) is 10.9 Å². The van der Waals surface area contributed by atoms with Gasteiger partial charge in [0.05, 0.1) is 24.2 Å². The van der Waals surface area contributed by atoms with Gasteiger partial charge in [0.2, 0.25) is 29.5 Å². The Morgan fingerprint density at radius 1 is 0.746 bits per heavy atom. The van der Waals surface area contributed by atoms with Crippen LogP contribution in [0.5, 0.6) is 0 Å². The summed E-state index contributed by atoms with van der Waals surface area (Å²) in [6, 6.07) is 17.1. The number of nitrogens with zero attached hydrogens (tertiary/aromatic N) is 1. The SMILES string of the molecule is C[C@@H](OC(C)(C)C)[C@H](NC(=O)[C@H](Cc1ccccc1)NC(=O)[C@@H](Cc1c[nH]c2ccccc12)NC(=O)[C@@H](N)CC(=O)O)C(=O)N[C@@H](Cc1ccccc1)C(=O)N1CCC[C@H]1C(=O)O. The summed E-state index contributed by atoms with van der Waals surface area (Å²) in [6.45, 7) is 7.08. The van der Waals surface area contributed by atoms with Crippen molar-refractivity contribution >= 4 is 52.4 Å². The maximum atomic E-state index is 14.6. The largest absolute Gasteiger partial charge is 0.481 e. The summed E-state index contributed by atoms with van der Waals surface area (Å²) >= 11 is 0. The molecule has 17 heteroatoms. The molecule has 0 spiro atoms. The number of carboxylic acid groups (broad SMARTS) is 2. The first-order valence-electron chi connectivity index (χ1n) is 20.9. The molecule has 1 aromatic heterocycles. The van der Waals surface area contributed by atoms with Crippen LogP contribution in [0.3, 0.4) is 0 Å². The number of hydrogen-bond acceptors (Lipinski definition) is 9. The highest BCUT2D eigenvalue weighted by molar-refractivity contribution is 5.97. The van der Waals surface area contributed by atoms with Crippen LogP contribution in [-0.4, -0.2) is 116 Å². The number of para-hydroxylation sites is 1. The van der Waals surface area contributed by atoms with E-state index >= 15 is 0 Å². The number of hydrogen-bond donors (Lipinski definition) is 8. The Balaban J connectivity index is 1.46. The Morgan fingerprint density at radius 3 is 1.89 bits per heavy atom. The number of fused-ring (bicyclic) bond motifs is 1. The number of carbonyl (C=O) groups is 7. The lowest BCUT2D eigenvalue weighted by atomic mass is 10.0. The summed E-state index contributed by atoms with van der Waals surface area (Å²) in [5, 5.41) is 30.9. The molecule has 9 N–H and O–H groups in total. The van der Waals surface area contributed by atoms with Gasteiger partial charge in [-0.1, -0.05) is 78.9 Å². The van der Waals surface area contributed by atoms with Crippen molar-refractivity contribution in [3.63, 3.8) is 0 Å². The lowest BCUT2D eigenvalue weighted by molar-refractivity contribution is -0.150. The predicted octanol–water partition coefficient (Wildman–Crippen LogP) is 2.22. The Kier molecular flexibility index (Phi) is 16.2. The zero-order chi connectivity index (χ0) is 45.8. The number of amides is 5. The second kappa shape index (κ2) is 21.5. The van der Waals surface area contributed by atoms with E-state index in [9.17, 15) is 43.8 Å². The smallest absolute Gasteiger partial charge is 0.326 e. The van der Waals surface area contributed by atoms with Crippen LogP contribution >= 0.6 is 0 Å². The van der Waals surface area contributed by atoms with E-state index in [-0.39, 0.29) is 32.2 Å². The van der Waals surface area contributed by atoms with E-state index in [1.54, 1.807) is 94.6 Å². The van der Waals surface area contributed by atoms with Crippen molar-refractivity contribution in [2.75, 3.05) is 6.54 Å². The highest BCUT2D eigenvalue weighted by atomic mass is 16.5. The molecule has 63 heavy (non-hydrogen) atoms. The van der Waals surface area contributed by atoms with Gasteiger partial charge >= 0.3 is 11.9 Å². The minimum atomic E-state index is -1.48. The number of aromatic amines is 1. The Labute approximate surface area is 365 Å². The molecule has 0 bridgehead atoms. The number of ether oxygens (including phenoxy) is 1. The fraction of sp³-hybridized carbons (Fsp3) is 0.413. The van der Waals surface area contributed by atoms with E-state index in [4.69, 9.17) is 10.5 Å². The topological polar surface area (TPSA) is 262 Å². The summed E-state index contributed by atoms with van der Waals surface area (Å²) in [7, 11) is 0. The van der Waals surface area contributed by atoms with Crippen molar-refractivity contribution in [1.29, 1.82) is 0 Å². The summed E-state index contributed by atoms with van der Waals surface area (Å²) in [6.07, 6.45) is 0.614. The van der Waals surface area contributed by atoms with Gasteiger partial charge in [0.1, 0.15) is 30.2 Å². The summed E-state index contributed by atoms with van der Waals surface area (Å²) < 4.78 is 6.20. The minimum absolute atomic E-state index is 0.0236. The number of likely N-dealkylation sites (tertiary alicyclic amines) is 1. The molecule has 17 nitrogen and oxygen atoms in total. The second-order valence-corrected chi connectivity index (χ2v) is 16.8.